The second-order valence-corrected chi connectivity index (χ2v) is 3.68. The average Bonchev–Trinajstić information content (AvgIpc) is 2.42. The molecule has 0 aliphatic carbocycles. The first-order chi connectivity index (χ1) is 6.16. The van der Waals surface area contributed by atoms with Gasteiger partial charge in [-0.1, -0.05) is 18.9 Å². The minimum atomic E-state index is -0.875. The third-order valence-electron chi connectivity index (χ3n) is 2.16. The van der Waals surface area contributed by atoms with E-state index in [2.05, 4.69) is 12.8 Å². The van der Waals surface area contributed by atoms with Crippen LogP contribution in [0.1, 0.15) is 21.5 Å². The highest BCUT2D eigenvalue weighted by molar-refractivity contribution is 7.77. The predicted octanol–water partition coefficient (Wildman–Crippen LogP) is 1.55. The van der Waals surface area contributed by atoms with E-state index in [-0.39, 0.29) is 0 Å². The van der Waals surface area contributed by atoms with Gasteiger partial charge in [0.15, 0.2) is 0 Å². The van der Waals surface area contributed by atoms with Crippen molar-refractivity contribution >= 4 is 18.8 Å². The van der Waals surface area contributed by atoms with E-state index in [1.54, 1.807) is 12.1 Å². The van der Waals surface area contributed by atoms with E-state index in [9.17, 15) is 4.79 Å². The van der Waals surface area contributed by atoms with E-state index in [1.807, 2.05) is 10.4 Å². The molecule has 0 saturated carbocycles. The van der Waals surface area contributed by atoms with Gasteiger partial charge >= 0.3 is 5.97 Å². The van der Waals surface area contributed by atoms with Crippen molar-refractivity contribution in [2.45, 2.75) is 13.1 Å². The van der Waals surface area contributed by atoms with Crippen molar-refractivity contribution in [3.8, 4) is 0 Å². The van der Waals surface area contributed by atoms with E-state index in [1.165, 1.54) is 5.56 Å². The van der Waals surface area contributed by atoms with Crippen molar-refractivity contribution in [3.05, 3.63) is 34.9 Å². The molecule has 1 aromatic carbocycles. The molecular weight excluding hydrogens is 186 g/mol. The van der Waals surface area contributed by atoms with Crippen LogP contribution in [0, 0.1) is 0 Å². The highest BCUT2D eigenvalue weighted by Crippen LogP contribution is 2.24. The Kier molecular flexibility index (Phi) is 2.01. The molecule has 4 heteroatoms. The van der Waals surface area contributed by atoms with Crippen LogP contribution >= 0.6 is 12.8 Å². The minimum Gasteiger partial charge on any atom is -0.478 e. The summed E-state index contributed by atoms with van der Waals surface area (Å²) >= 11 is 4.21. The molecule has 0 atom stereocenters. The zero-order valence-electron chi connectivity index (χ0n) is 6.90. The molecule has 1 aliphatic rings. The van der Waals surface area contributed by atoms with Gasteiger partial charge in [0.1, 0.15) is 0 Å². The molecule has 68 valence electrons. The Bertz CT molecular complexity index is 365. The van der Waals surface area contributed by atoms with Crippen molar-refractivity contribution in [2.75, 3.05) is 0 Å². The normalized spacial score (nSPS) is 15.8. The Morgan fingerprint density at radius 2 is 2.08 bits per heavy atom. The molecule has 1 aliphatic heterocycles. The quantitative estimate of drug-likeness (QED) is 0.668. The highest BCUT2D eigenvalue weighted by Gasteiger charge is 2.17. The van der Waals surface area contributed by atoms with Crippen LogP contribution < -0.4 is 0 Å². The molecule has 0 unspecified atom stereocenters. The molecule has 1 heterocycles. The van der Waals surface area contributed by atoms with Crippen molar-refractivity contribution < 1.29 is 9.90 Å². The van der Waals surface area contributed by atoms with Crippen LogP contribution in [-0.4, -0.2) is 15.4 Å². The topological polar surface area (TPSA) is 40.5 Å². The first-order valence-corrected chi connectivity index (χ1v) is 4.36. The molecule has 0 bridgehead atoms. The van der Waals surface area contributed by atoms with Gasteiger partial charge in [0.2, 0.25) is 0 Å². The van der Waals surface area contributed by atoms with Crippen molar-refractivity contribution in [3.63, 3.8) is 0 Å². The van der Waals surface area contributed by atoms with Crippen molar-refractivity contribution in [1.29, 1.82) is 0 Å². The maximum atomic E-state index is 10.6. The summed E-state index contributed by atoms with van der Waals surface area (Å²) in [5.41, 5.74) is 2.58. The molecule has 0 fully saturated rings. The summed E-state index contributed by atoms with van der Waals surface area (Å²) < 4.78 is 1.86. The number of rotatable bonds is 1. The molecule has 0 saturated heterocycles. The summed E-state index contributed by atoms with van der Waals surface area (Å²) in [7, 11) is 0. The van der Waals surface area contributed by atoms with Crippen LogP contribution in [0.3, 0.4) is 0 Å². The minimum absolute atomic E-state index is 0.349. The number of carboxylic acid groups (broad SMARTS) is 1. The molecule has 0 spiro atoms. The third-order valence-corrected chi connectivity index (χ3v) is 2.44. The first kappa shape index (κ1) is 8.59. The van der Waals surface area contributed by atoms with E-state index in [0.29, 0.717) is 5.56 Å². The van der Waals surface area contributed by atoms with Crippen LogP contribution in [0.4, 0.5) is 0 Å². The second-order valence-electron chi connectivity index (χ2n) is 3.11. The molecule has 2 rings (SSSR count). The second kappa shape index (κ2) is 3.05. The molecule has 13 heavy (non-hydrogen) atoms. The lowest BCUT2D eigenvalue weighted by Crippen LogP contribution is -1.99. The van der Waals surface area contributed by atoms with Crippen LogP contribution in [0.15, 0.2) is 18.2 Å². The summed E-state index contributed by atoms with van der Waals surface area (Å²) in [6.45, 7) is 1.51. The molecule has 0 radical (unpaired) electrons. The standard InChI is InChI=1S/C9H9NO2S/c11-9(12)6-1-2-7-4-10(13)5-8(7)3-6/h1-3,13H,4-5H2,(H,11,12). The number of hydrogen-bond acceptors (Lipinski definition) is 3. The fraction of sp³-hybridized carbons (Fsp3) is 0.222. The van der Waals surface area contributed by atoms with Crippen molar-refractivity contribution in [1.82, 2.24) is 4.31 Å². The van der Waals surface area contributed by atoms with Gasteiger partial charge in [-0.2, -0.15) is 0 Å². The van der Waals surface area contributed by atoms with Crippen molar-refractivity contribution in [2.24, 2.45) is 0 Å². The SMILES string of the molecule is O=C(O)c1ccc2c(c1)CN(S)C2. The lowest BCUT2D eigenvalue weighted by atomic mass is 10.1. The Morgan fingerprint density at radius 3 is 2.77 bits per heavy atom. The number of aromatic carboxylic acids is 1. The van der Waals surface area contributed by atoms with Crippen LogP contribution in [0.2, 0.25) is 0 Å². The Balaban J connectivity index is 2.40. The van der Waals surface area contributed by atoms with Gasteiger partial charge in [-0.05, 0) is 23.3 Å². The van der Waals surface area contributed by atoms with Gasteiger partial charge in [0, 0.05) is 13.1 Å². The number of benzene rings is 1. The smallest absolute Gasteiger partial charge is 0.335 e. The lowest BCUT2D eigenvalue weighted by molar-refractivity contribution is 0.0697. The average molecular weight is 195 g/mol. The fourth-order valence-electron chi connectivity index (χ4n) is 1.51. The summed E-state index contributed by atoms with van der Waals surface area (Å²) in [6, 6.07) is 5.21. The molecule has 1 aromatic rings. The first-order valence-electron chi connectivity index (χ1n) is 3.96. The number of nitrogens with zero attached hydrogens (tertiary/aromatic N) is 1. The van der Waals surface area contributed by atoms with Gasteiger partial charge < -0.3 is 5.11 Å². The maximum Gasteiger partial charge on any atom is 0.335 e. The monoisotopic (exact) mass is 195 g/mol. The summed E-state index contributed by atoms with van der Waals surface area (Å²) in [5.74, 6) is -0.875. The number of hydrogen-bond donors (Lipinski definition) is 2. The van der Waals surface area contributed by atoms with Gasteiger partial charge in [-0.25, -0.2) is 9.10 Å². The summed E-state index contributed by atoms with van der Waals surface area (Å²) in [6.07, 6.45) is 0. The lowest BCUT2D eigenvalue weighted by Gasteiger charge is -2.00. The zero-order chi connectivity index (χ0) is 9.42. The van der Waals surface area contributed by atoms with Crippen LogP contribution in [-0.2, 0) is 13.1 Å². The number of carbonyl (C=O) groups is 1. The molecule has 3 nitrogen and oxygen atoms in total. The van der Waals surface area contributed by atoms with E-state index < -0.39 is 5.97 Å². The van der Waals surface area contributed by atoms with Gasteiger partial charge in [0.25, 0.3) is 0 Å². The van der Waals surface area contributed by atoms with E-state index >= 15 is 0 Å². The van der Waals surface area contributed by atoms with Gasteiger partial charge in [-0.15, -0.1) is 0 Å². The number of fused-ring (bicyclic) bond motifs is 1. The van der Waals surface area contributed by atoms with Crippen LogP contribution in [0.25, 0.3) is 0 Å². The van der Waals surface area contributed by atoms with Gasteiger partial charge in [0.05, 0.1) is 5.56 Å². The molecular formula is C9H9NO2S. The Morgan fingerprint density at radius 1 is 1.38 bits per heavy atom. The molecule has 0 aromatic heterocycles. The van der Waals surface area contributed by atoms with E-state index in [0.717, 1.165) is 18.7 Å². The van der Waals surface area contributed by atoms with E-state index in [4.69, 9.17) is 5.11 Å². The largest absolute Gasteiger partial charge is 0.478 e. The zero-order valence-corrected chi connectivity index (χ0v) is 7.79. The summed E-state index contributed by atoms with van der Waals surface area (Å²) in [4.78, 5) is 10.6. The maximum absolute atomic E-state index is 10.6. The fourth-order valence-corrected chi connectivity index (χ4v) is 1.81. The molecule has 0 amide bonds. The van der Waals surface area contributed by atoms with Crippen LogP contribution in [0.5, 0.6) is 0 Å². The summed E-state index contributed by atoms with van der Waals surface area (Å²) in [5, 5.41) is 8.75. The Labute approximate surface area is 81.5 Å². The highest BCUT2D eigenvalue weighted by atomic mass is 32.1. The number of carboxylic acids is 1. The third kappa shape index (κ3) is 1.55. The predicted molar refractivity (Wildman–Crippen MR) is 51.6 cm³/mol. The molecule has 1 N–H and O–H groups in total. The number of thiol groups is 1. The Hall–Kier alpha value is -1.00. The van der Waals surface area contributed by atoms with Gasteiger partial charge in [-0.3, -0.25) is 0 Å².